The van der Waals surface area contributed by atoms with Gasteiger partial charge in [-0.05, 0) is 43.7 Å². The van der Waals surface area contributed by atoms with Gasteiger partial charge in [-0.15, -0.1) is 0 Å². The molecule has 1 aromatic heterocycles. The van der Waals surface area contributed by atoms with Crippen molar-refractivity contribution >= 4 is 17.5 Å². The number of aromatic nitrogens is 1. The molecule has 6 heteroatoms. The molecule has 0 atom stereocenters. The van der Waals surface area contributed by atoms with E-state index >= 15 is 0 Å². The number of nitrogens with zero attached hydrogens (tertiary/aromatic N) is 3. The highest BCUT2D eigenvalue weighted by molar-refractivity contribution is 6.12. The highest BCUT2D eigenvalue weighted by Crippen LogP contribution is 2.42. The number of hydrogen-bond acceptors (Lipinski definition) is 4. The van der Waals surface area contributed by atoms with Crippen LogP contribution in [0.25, 0.3) is 0 Å². The quantitative estimate of drug-likeness (QED) is 0.916. The number of rotatable bonds is 2. The van der Waals surface area contributed by atoms with Crippen LogP contribution >= 0.6 is 0 Å². The second-order valence-electron chi connectivity index (χ2n) is 5.87. The van der Waals surface area contributed by atoms with Gasteiger partial charge in [0.25, 0.3) is 5.91 Å². The number of primary amides is 1. The first-order valence-corrected chi connectivity index (χ1v) is 7.00. The molecule has 2 N–H and O–H groups in total. The predicted octanol–water partition coefficient (Wildman–Crippen LogP) is 1.95. The third-order valence-corrected chi connectivity index (χ3v) is 4.07. The number of anilines is 1. The Bertz CT molecular complexity index is 880. The van der Waals surface area contributed by atoms with E-state index in [9.17, 15) is 9.59 Å². The number of nitriles is 1. The van der Waals surface area contributed by atoms with Crippen LogP contribution in [0.1, 0.15) is 45.7 Å². The topological polar surface area (TPSA) is 100 Å². The Morgan fingerprint density at radius 3 is 2.70 bits per heavy atom. The lowest BCUT2D eigenvalue weighted by molar-refractivity contribution is 0.0976. The zero-order valence-corrected chi connectivity index (χ0v) is 12.7. The summed E-state index contributed by atoms with van der Waals surface area (Å²) < 4.78 is 0. The van der Waals surface area contributed by atoms with Crippen molar-refractivity contribution < 1.29 is 9.59 Å². The van der Waals surface area contributed by atoms with Crippen molar-refractivity contribution in [2.75, 3.05) is 4.90 Å². The predicted molar refractivity (Wildman–Crippen MR) is 83.7 cm³/mol. The highest BCUT2D eigenvalue weighted by atomic mass is 16.2. The molecule has 0 aliphatic carbocycles. The van der Waals surface area contributed by atoms with Crippen molar-refractivity contribution in [1.82, 2.24) is 4.98 Å². The van der Waals surface area contributed by atoms with Gasteiger partial charge < -0.3 is 5.73 Å². The van der Waals surface area contributed by atoms with E-state index in [4.69, 9.17) is 11.0 Å². The number of carbonyl (C=O) groups is 2. The first-order valence-electron chi connectivity index (χ1n) is 7.00. The van der Waals surface area contributed by atoms with Gasteiger partial charge in [-0.25, -0.2) is 0 Å². The maximum atomic E-state index is 12.8. The van der Waals surface area contributed by atoms with Gasteiger partial charge in [-0.1, -0.05) is 0 Å². The van der Waals surface area contributed by atoms with E-state index < -0.39 is 11.4 Å². The summed E-state index contributed by atoms with van der Waals surface area (Å²) in [4.78, 5) is 29.7. The van der Waals surface area contributed by atoms with E-state index in [1.165, 1.54) is 12.4 Å². The Labute approximate surface area is 133 Å². The van der Waals surface area contributed by atoms with E-state index in [-0.39, 0.29) is 11.5 Å². The molecular weight excluding hydrogens is 292 g/mol. The summed E-state index contributed by atoms with van der Waals surface area (Å²) in [6.45, 7) is 3.77. The molecule has 0 spiro atoms. The Hall–Kier alpha value is -3.20. The number of amides is 2. The van der Waals surface area contributed by atoms with Crippen LogP contribution in [-0.2, 0) is 5.54 Å². The third kappa shape index (κ3) is 2.14. The molecule has 23 heavy (non-hydrogen) atoms. The summed E-state index contributed by atoms with van der Waals surface area (Å²) in [5, 5.41) is 9.08. The number of benzene rings is 1. The molecule has 0 saturated heterocycles. The molecule has 0 radical (unpaired) electrons. The highest BCUT2D eigenvalue weighted by Gasteiger charge is 2.44. The van der Waals surface area contributed by atoms with Crippen LogP contribution < -0.4 is 10.6 Å². The number of carbonyl (C=O) groups excluding carboxylic acids is 2. The van der Waals surface area contributed by atoms with Crippen LogP contribution in [-0.4, -0.2) is 16.8 Å². The van der Waals surface area contributed by atoms with Gasteiger partial charge in [0.15, 0.2) is 0 Å². The fourth-order valence-electron chi connectivity index (χ4n) is 2.93. The molecule has 1 aliphatic rings. The summed E-state index contributed by atoms with van der Waals surface area (Å²) in [7, 11) is 0. The molecule has 0 fully saturated rings. The zero-order chi connectivity index (χ0) is 16.8. The maximum absolute atomic E-state index is 12.8. The molecular formula is C17H14N4O2. The number of fused-ring (bicyclic) bond motifs is 1. The van der Waals surface area contributed by atoms with Crippen LogP contribution in [0.3, 0.4) is 0 Å². The van der Waals surface area contributed by atoms with Gasteiger partial charge >= 0.3 is 0 Å². The van der Waals surface area contributed by atoms with Gasteiger partial charge in [0.1, 0.15) is 0 Å². The normalized spacial score (nSPS) is 15.2. The fraction of sp³-hybridized carbons (Fsp3) is 0.176. The second kappa shape index (κ2) is 4.92. The van der Waals surface area contributed by atoms with Crippen molar-refractivity contribution in [2.45, 2.75) is 19.4 Å². The third-order valence-electron chi connectivity index (χ3n) is 4.07. The summed E-state index contributed by atoms with van der Waals surface area (Å²) in [6.07, 6.45) is 2.88. The van der Waals surface area contributed by atoms with E-state index in [1.807, 2.05) is 13.8 Å². The molecule has 2 aromatic rings. The van der Waals surface area contributed by atoms with Crippen molar-refractivity contribution in [3.8, 4) is 6.07 Å². The lowest BCUT2D eigenvalue weighted by atomic mass is 9.92. The Morgan fingerprint density at radius 1 is 1.30 bits per heavy atom. The summed E-state index contributed by atoms with van der Waals surface area (Å²) in [5.74, 6) is -0.800. The Kier molecular flexibility index (Phi) is 3.15. The summed E-state index contributed by atoms with van der Waals surface area (Å²) >= 11 is 0. The van der Waals surface area contributed by atoms with Gasteiger partial charge in [-0.3, -0.25) is 19.5 Å². The van der Waals surface area contributed by atoms with Crippen LogP contribution in [0.15, 0.2) is 36.7 Å². The Morgan fingerprint density at radius 2 is 2.04 bits per heavy atom. The van der Waals surface area contributed by atoms with Crippen molar-refractivity contribution in [3.05, 3.63) is 58.9 Å². The van der Waals surface area contributed by atoms with Crippen LogP contribution in [0.5, 0.6) is 0 Å². The molecule has 3 rings (SSSR count). The number of nitrogens with two attached hydrogens (primary N) is 1. The number of hydrogen-bond donors (Lipinski definition) is 1. The second-order valence-corrected chi connectivity index (χ2v) is 5.87. The molecule has 0 unspecified atom stereocenters. The van der Waals surface area contributed by atoms with Gasteiger partial charge in [0.05, 0.1) is 34.6 Å². The van der Waals surface area contributed by atoms with Crippen molar-refractivity contribution in [3.63, 3.8) is 0 Å². The maximum Gasteiger partial charge on any atom is 0.259 e. The van der Waals surface area contributed by atoms with Gasteiger partial charge in [-0.2, -0.15) is 5.26 Å². The van der Waals surface area contributed by atoms with Gasteiger partial charge in [0, 0.05) is 11.8 Å². The molecule has 114 valence electrons. The lowest BCUT2D eigenvalue weighted by Gasteiger charge is -2.32. The van der Waals surface area contributed by atoms with E-state index in [1.54, 1.807) is 29.2 Å². The molecule has 2 amide bonds. The summed E-state index contributed by atoms with van der Waals surface area (Å²) in [5.41, 5.74) is 7.15. The average molecular weight is 306 g/mol. The SMILES string of the molecule is CC1(C)c2cc(C#N)ccc2C(=O)N1c1cncc(C(N)=O)c1. The van der Waals surface area contributed by atoms with Crippen LogP contribution in [0.2, 0.25) is 0 Å². The molecule has 2 heterocycles. The average Bonchev–Trinajstić information content (AvgIpc) is 2.73. The monoisotopic (exact) mass is 306 g/mol. The minimum atomic E-state index is -0.669. The molecule has 1 aromatic carbocycles. The zero-order valence-electron chi connectivity index (χ0n) is 12.7. The first kappa shape index (κ1) is 14.7. The van der Waals surface area contributed by atoms with Crippen LogP contribution in [0.4, 0.5) is 5.69 Å². The van der Waals surface area contributed by atoms with Crippen molar-refractivity contribution in [2.24, 2.45) is 5.73 Å². The first-order chi connectivity index (χ1) is 10.9. The fourth-order valence-corrected chi connectivity index (χ4v) is 2.93. The lowest BCUT2D eigenvalue weighted by Crippen LogP contribution is -2.39. The molecule has 6 nitrogen and oxygen atoms in total. The number of pyridine rings is 1. The Balaban J connectivity index is 2.16. The largest absolute Gasteiger partial charge is 0.366 e. The van der Waals surface area contributed by atoms with E-state index in [0.717, 1.165) is 5.56 Å². The smallest absolute Gasteiger partial charge is 0.259 e. The standard InChI is InChI=1S/C17H14N4O2/c1-17(2)14-5-10(7-18)3-4-13(14)16(23)21(17)12-6-11(15(19)22)8-20-9-12/h3-6,8-9H,1-2H3,(H2,19,22). The van der Waals surface area contributed by atoms with E-state index in [2.05, 4.69) is 11.1 Å². The molecule has 1 aliphatic heterocycles. The van der Waals surface area contributed by atoms with E-state index in [0.29, 0.717) is 16.8 Å². The summed E-state index contributed by atoms with van der Waals surface area (Å²) in [6, 6.07) is 8.63. The van der Waals surface area contributed by atoms with Gasteiger partial charge in [0.2, 0.25) is 5.91 Å². The van der Waals surface area contributed by atoms with Crippen LogP contribution in [0, 0.1) is 11.3 Å². The van der Waals surface area contributed by atoms with Crippen molar-refractivity contribution in [1.29, 1.82) is 5.26 Å². The minimum absolute atomic E-state index is 0.196. The molecule has 0 bridgehead atoms. The minimum Gasteiger partial charge on any atom is -0.366 e. The molecule has 0 saturated carbocycles.